The third-order valence-corrected chi connectivity index (χ3v) is 8.54. The van der Waals surface area contributed by atoms with E-state index in [-0.39, 0.29) is 10.8 Å². The molecule has 0 fully saturated rings. The van der Waals surface area contributed by atoms with Crippen LogP contribution in [0.3, 0.4) is 0 Å². The lowest BCUT2D eigenvalue weighted by atomic mass is 9.75. The van der Waals surface area contributed by atoms with Crippen molar-refractivity contribution < 1.29 is 4.42 Å². The predicted molar refractivity (Wildman–Crippen MR) is 192 cm³/mol. The van der Waals surface area contributed by atoms with Gasteiger partial charge in [0, 0.05) is 22.3 Å². The van der Waals surface area contributed by atoms with Gasteiger partial charge in [-0.3, -0.25) is 0 Å². The minimum Gasteiger partial charge on any atom is -0.416 e. The molecule has 7 rings (SSSR count). The molecule has 47 heavy (non-hydrogen) atoms. The van der Waals surface area contributed by atoms with E-state index in [0.717, 1.165) is 55.8 Å². The van der Waals surface area contributed by atoms with E-state index < -0.39 is 0 Å². The molecule has 0 N–H and O–H groups in total. The van der Waals surface area contributed by atoms with Crippen LogP contribution in [-0.4, -0.2) is 20.2 Å². The highest BCUT2D eigenvalue weighted by atomic mass is 16.4. The van der Waals surface area contributed by atoms with E-state index in [1.54, 1.807) is 0 Å². The smallest absolute Gasteiger partial charge is 0.248 e. The Kier molecular flexibility index (Phi) is 7.56. The summed E-state index contributed by atoms with van der Waals surface area (Å²) in [5, 5.41) is 8.50. The zero-order valence-electron chi connectivity index (χ0n) is 27.7. The van der Waals surface area contributed by atoms with Crippen molar-refractivity contribution in [3.05, 3.63) is 132 Å². The molecule has 0 saturated heterocycles. The Morgan fingerprint density at radius 2 is 0.745 bits per heavy atom. The minimum atomic E-state index is -0.0261. The molecule has 0 saturated carbocycles. The maximum atomic E-state index is 5.96. The molecule has 0 aliphatic heterocycles. The number of hydrogen-bond acceptors (Lipinski definition) is 5. The number of hydrogen-bond donors (Lipinski definition) is 0. The Balaban J connectivity index is 1.25. The van der Waals surface area contributed by atoms with Crippen LogP contribution in [0, 0.1) is 0 Å². The van der Waals surface area contributed by atoms with Crippen LogP contribution in [-0.2, 0) is 10.8 Å². The first-order valence-corrected chi connectivity index (χ1v) is 16.1. The van der Waals surface area contributed by atoms with Crippen molar-refractivity contribution in [1.82, 2.24) is 20.2 Å². The van der Waals surface area contributed by atoms with Gasteiger partial charge in [-0.25, -0.2) is 9.97 Å². The fourth-order valence-electron chi connectivity index (χ4n) is 6.01. The van der Waals surface area contributed by atoms with Gasteiger partial charge >= 0.3 is 0 Å². The zero-order chi connectivity index (χ0) is 32.8. The molecular formula is C42H38N4O. The van der Waals surface area contributed by atoms with E-state index in [9.17, 15) is 0 Å². The van der Waals surface area contributed by atoms with E-state index >= 15 is 0 Å². The lowest BCUT2D eigenvalue weighted by Gasteiger charge is -2.30. The topological polar surface area (TPSA) is 64.7 Å². The number of rotatable bonds is 5. The first kappa shape index (κ1) is 30.2. The number of fused-ring (bicyclic) bond motifs is 1. The fraction of sp³-hybridized carbons (Fsp3) is 0.190. The number of benzene rings is 5. The Morgan fingerprint density at radius 3 is 1.17 bits per heavy atom. The molecule has 0 spiro atoms. The maximum Gasteiger partial charge on any atom is 0.248 e. The Labute approximate surface area is 276 Å². The third kappa shape index (κ3) is 6.09. The van der Waals surface area contributed by atoms with Crippen molar-refractivity contribution in [2.75, 3.05) is 0 Å². The molecule has 0 unspecified atom stereocenters. The first-order valence-electron chi connectivity index (χ1n) is 16.1. The molecule has 0 amide bonds. The highest BCUT2D eigenvalue weighted by molar-refractivity contribution is 5.88. The minimum absolute atomic E-state index is 0.0193. The van der Waals surface area contributed by atoms with Gasteiger partial charge in [0.1, 0.15) is 0 Å². The predicted octanol–water partition coefficient (Wildman–Crippen LogP) is 10.9. The summed E-state index contributed by atoms with van der Waals surface area (Å²) in [6.07, 6.45) is 0. The number of aromatic nitrogens is 4. The van der Waals surface area contributed by atoms with Crippen molar-refractivity contribution in [2.24, 2.45) is 0 Å². The second-order valence-corrected chi connectivity index (χ2v) is 14.1. The van der Waals surface area contributed by atoms with Crippen LogP contribution in [0.1, 0.15) is 52.7 Å². The van der Waals surface area contributed by atoms with Crippen molar-refractivity contribution in [1.29, 1.82) is 0 Å². The van der Waals surface area contributed by atoms with E-state index in [0.29, 0.717) is 11.8 Å². The van der Waals surface area contributed by atoms with Gasteiger partial charge in [0.05, 0.1) is 22.4 Å². The van der Waals surface area contributed by atoms with Gasteiger partial charge in [-0.05, 0) is 69.5 Å². The highest BCUT2D eigenvalue weighted by Gasteiger charge is 2.27. The standard InChI is InChI=1S/C42H38N4O/c1-41(2,3)33-25-35-36(26-34(33)42(4,5)6)44-38(37(43-35)29-13-9-7-10-14-29)30-21-17-27(18-22-30)28-19-23-32(24-20-28)40-46-45-39(47-40)31-15-11-8-12-16-31/h7-26H,1-6H3. The van der Waals surface area contributed by atoms with Crippen LogP contribution >= 0.6 is 0 Å². The van der Waals surface area contributed by atoms with Gasteiger partial charge in [-0.2, -0.15) is 0 Å². The van der Waals surface area contributed by atoms with Gasteiger partial charge in [-0.1, -0.05) is 126 Å². The van der Waals surface area contributed by atoms with Gasteiger partial charge in [0.15, 0.2) is 0 Å². The monoisotopic (exact) mass is 614 g/mol. The Morgan fingerprint density at radius 1 is 0.404 bits per heavy atom. The van der Waals surface area contributed by atoms with E-state index in [1.807, 2.05) is 48.5 Å². The van der Waals surface area contributed by atoms with Crippen molar-refractivity contribution in [2.45, 2.75) is 52.4 Å². The van der Waals surface area contributed by atoms with Crippen LogP contribution in [0.15, 0.2) is 126 Å². The molecule has 0 radical (unpaired) electrons. The summed E-state index contributed by atoms with van der Waals surface area (Å²) in [6, 6.07) is 41.5. The zero-order valence-corrected chi connectivity index (χ0v) is 27.7. The number of nitrogens with zero attached hydrogens (tertiary/aromatic N) is 4. The van der Waals surface area contributed by atoms with Crippen LogP contribution in [0.4, 0.5) is 0 Å². The Hall–Kier alpha value is -5.42. The lowest BCUT2D eigenvalue weighted by molar-refractivity contribution is 0.531. The Bertz CT molecular complexity index is 2170. The average molecular weight is 615 g/mol. The normalized spacial score (nSPS) is 12.0. The van der Waals surface area contributed by atoms with Crippen LogP contribution in [0.5, 0.6) is 0 Å². The largest absolute Gasteiger partial charge is 0.416 e. The molecule has 0 aliphatic carbocycles. The molecule has 5 aromatic carbocycles. The van der Waals surface area contributed by atoms with Gasteiger partial charge < -0.3 is 4.42 Å². The third-order valence-electron chi connectivity index (χ3n) is 8.54. The van der Waals surface area contributed by atoms with E-state index in [2.05, 4.69) is 125 Å². The molecule has 5 nitrogen and oxygen atoms in total. The molecule has 5 heteroatoms. The van der Waals surface area contributed by atoms with Crippen LogP contribution in [0.25, 0.3) is 67.6 Å². The van der Waals surface area contributed by atoms with E-state index in [1.165, 1.54) is 11.1 Å². The SMILES string of the molecule is CC(C)(C)c1cc2nc(-c3ccccc3)c(-c3ccc(-c4ccc(-c5nnc(-c6ccccc6)o5)cc4)cc3)nc2cc1C(C)(C)C. The summed E-state index contributed by atoms with van der Waals surface area (Å²) < 4.78 is 5.96. The van der Waals surface area contributed by atoms with E-state index in [4.69, 9.17) is 14.4 Å². The molecule has 232 valence electrons. The first-order chi connectivity index (χ1) is 22.5. The molecule has 0 aliphatic rings. The second kappa shape index (κ2) is 11.7. The maximum absolute atomic E-state index is 5.96. The second-order valence-electron chi connectivity index (χ2n) is 14.1. The van der Waals surface area contributed by atoms with Gasteiger partial charge in [-0.15, -0.1) is 10.2 Å². The molecule has 2 heterocycles. The average Bonchev–Trinajstić information content (AvgIpc) is 3.58. The van der Waals surface area contributed by atoms with Crippen molar-refractivity contribution in [3.8, 4) is 56.6 Å². The molecule has 0 atom stereocenters. The highest BCUT2D eigenvalue weighted by Crippen LogP contribution is 2.39. The summed E-state index contributed by atoms with van der Waals surface area (Å²) in [5.74, 6) is 1.01. The van der Waals surface area contributed by atoms with Crippen molar-refractivity contribution in [3.63, 3.8) is 0 Å². The van der Waals surface area contributed by atoms with Crippen LogP contribution < -0.4 is 0 Å². The van der Waals surface area contributed by atoms with Gasteiger partial charge in [0.2, 0.25) is 11.8 Å². The molecular weight excluding hydrogens is 576 g/mol. The summed E-state index contributed by atoms with van der Waals surface area (Å²) in [4.78, 5) is 10.6. The fourth-order valence-corrected chi connectivity index (χ4v) is 6.01. The molecule has 2 aromatic heterocycles. The lowest BCUT2D eigenvalue weighted by Crippen LogP contribution is -2.22. The summed E-state index contributed by atoms with van der Waals surface area (Å²) in [6.45, 7) is 13.6. The molecule has 0 bridgehead atoms. The summed E-state index contributed by atoms with van der Waals surface area (Å²) >= 11 is 0. The van der Waals surface area contributed by atoms with Crippen LogP contribution in [0.2, 0.25) is 0 Å². The quantitative estimate of drug-likeness (QED) is 0.193. The molecule has 7 aromatic rings. The van der Waals surface area contributed by atoms with Crippen molar-refractivity contribution >= 4 is 11.0 Å². The summed E-state index contributed by atoms with van der Waals surface area (Å²) in [5.41, 5.74) is 12.2. The summed E-state index contributed by atoms with van der Waals surface area (Å²) in [7, 11) is 0. The van der Waals surface area contributed by atoms with Gasteiger partial charge in [0.25, 0.3) is 0 Å².